The zero-order chi connectivity index (χ0) is 19.0. The second-order valence-corrected chi connectivity index (χ2v) is 7.96. The average Bonchev–Trinajstić information content (AvgIpc) is 3.19. The number of carbonyl (C=O) groups is 2. The second kappa shape index (κ2) is 7.25. The van der Waals surface area contributed by atoms with E-state index in [0.29, 0.717) is 24.4 Å². The fourth-order valence-corrected chi connectivity index (χ4v) is 4.21. The van der Waals surface area contributed by atoms with E-state index in [-0.39, 0.29) is 18.4 Å². The molecule has 2 aliphatic heterocycles. The van der Waals surface area contributed by atoms with Crippen LogP contribution in [0.2, 0.25) is 0 Å². The number of fused-ring (bicyclic) bond motifs is 1. The van der Waals surface area contributed by atoms with Crippen LogP contribution < -0.4 is 0 Å². The summed E-state index contributed by atoms with van der Waals surface area (Å²) in [5.41, 5.74) is 3.15. The first-order valence-corrected chi connectivity index (χ1v) is 9.92. The van der Waals surface area contributed by atoms with Gasteiger partial charge in [0.1, 0.15) is 6.54 Å². The zero-order valence-corrected chi connectivity index (χ0v) is 16.2. The van der Waals surface area contributed by atoms with Crippen molar-refractivity contribution < 1.29 is 9.59 Å². The van der Waals surface area contributed by atoms with Crippen LogP contribution in [0.5, 0.6) is 0 Å². The molecular formula is C20H22N4O2S. The summed E-state index contributed by atoms with van der Waals surface area (Å²) in [6, 6.07) is 7.37. The molecule has 1 saturated heterocycles. The van der Waals surface area contributed by atoms with Gasteiger partial charge in [0.2, 0.25) is 5.91 Å². The Labute approximate surface area is 162 Å². The lowest BCUT2D eigenvalue weighted by atomic mass is 10.1. The summed E-state index contributed by atoms with van der Waals surface area (Å²) in [5.74, 6) is -0.164. The van der Waals surface area contributed by atoms with Crippen molar-refractivity contribution in [3.8, 4) is 0 Å². The van der Waals surface area contributed by atoms with Gasteiger partial charge in [-0.25, -0.2) is 4.98 Å². The maximum atomic E-state index is 12.7. The average molecular weight is 382 g/mol. The third-order valence-corrected chi connectivity index (χ3v) is 5.93. The normalized spacial score (nSPS) is 17.5. The number of nitrogens with zero attached hydrogens (tertiary/aromatic N) is 4. The molecule has 4 rings (SSSR count). The number of thiazole rings is 1. The molecule has 27 heavy (non-hydrogen) atoms. The number of aromatic nitrogens is 1. The Balaban J connectivity index is 1.32. The SMILES string of the molecule is C=C1c2ccccc2C(=O)N1CC(=O)N1CCN(Cc2csc(C)n2)CC1. The third kappa shape index (κ3) is 3.52. The monoisotopic (exact) mass is 382 g/mol. The molecule has 0 saturated carbocycles. The van der Waals surface area contributed by atoms with E-state index in [4.69, 9.17) is 0 Å². The molecule has 1 fully saturated rings. The van der Waals surface area contributed by atoms with Crippen molar-refractivity contribution in [2.45, 2.75) is 13.5 Å². The first-order valence-electron chi connectivity index (χ1n) is 9.04. The maximum Gasteiger partial charge on any atom is 0.259 e. The highest BCUT2D eigenvalue weighted by Gasteiger charge is 2.33. The van der Waals surface area contributed by atoms with Crippen molar-refractivity contribution >= 4 is 28.8 Å². The van der Waals surface area contributed by atoms with E-state index in [1.54, 1.807) is 17.4 Å². The lowest BCUT2D eigenvalue weighted by Crippen LogP contribution is -2.50. The molecule has 0 unspecified atom stereocenters. The Kier molecular flexibility index (Phi) is 4.80. The minimum atomic E-state index is -0.138. The van der Waals surface area contributed by atoms with Crippen molar-refractivity contribution in [2.24, 2.45) is 0 Å². The van der Waals surface area contributed by atoms with Gasteiger partial charge >= 0.3 is 0 Å². The molecule has 2 aromatic rings. The summed E-state index contributed by atoms with van der Waals surface area (Å²) in [7, 11) is 0. The summed E-state index contributed by atoms with van der Waals surface area (Å²) in [4.78, 5) is 35.4. The highest BCUT2D eigenvalue weighted by atomic mass is 32.1. The molecule has 2 amide bonds. The van der Waals surface area contributed by atoms with E-state index in [9.17, 15) is 9.59 Å². The summed E-state index contributed by atoms with van der Waals surface area (Å²) < 4.78 is 0. The van der Waals surface area contributed by atoms with Gasteiger partial charge < -0.3 is 4.90 Å². The fourth-order valence-electron chi connectivity index (χ4n) is 3.60. The molecule has 0 bridgehead atoms. The van der Waals surface area contributed by atoms with Crippen LogP contribution in [0.15, 0.2) is 36.2 Å². The molecule has 0 atom stereocenters. The van der Waals surface area contributed by atoms with Crippen LogP contribution in [0.3, 0.4) is 0 Å². The van der Waals surface area contributed by atoms with Crippen LogP contribution in [0.1, 0.15) is 26.6 Å². The molecule has 140 valence electrons. The van der Waals surface area contributed by atoms with Crippen molar-refractivity contribution in [1.29, 1.82) is 0 Å². The van der Waals surface area contributed by atoms with Gasteiger partial charge in [-0.2, -0.15) is 0 Å². The Bertz CT molecular complexity index is 864. The predicted molar refractivity (Wildman–Crippen MR) is 105 cm³/mol. The molecule has 0 spiro atoms. The standard InChI is InChI=1S/C20H22N4O2S/c1-14-17-5-3-4-6-18(17)20(26)24(14)12-19(25)23-9-7-22(8-10-23)11-16-13-27-15(2)21-16/h3-6,13H,1,7-12H2,2H3. The fraction of sp³-hybridized carbons (Fsp3) is 0.350. The number of hydrogen-bond donors (Lipinski definition) is 0. The zero-order valence-electron chi connectivity index (χ0n) is 15.4. The molecule has 7 heteroatoms. The van der Waals surface area contributed by atoms with Crippen molar-refractivity contribution in [2.75, 3.05) is 32.7 Å². The number of rotatable bonds is 4. The first kappa shape index (κ1) is 17.9. The van der Waals surface area contributed by atoms with E-state index < -0.39 is 0 Å². The molecule has 3 heterocycles. The lowest BCUT2D eigenvalue weighted by Gasteiger charge is -2.35. The minimum Gasteiger partial charge on any atom is -0.339 e. The first-order chi connectivity index (χ1) is 13.0. The van der Waals surface area contributed by atoms with Crippen molar-refractivity contribution in [3.63, 3.8) is 0 Å². The Morgan fingerprint density at radius 1 is 1.19 bits per heavy atom. The highest BCUT2D eigenvalue weighted by Crippen LogP contribution is 2.30. The maximum absolute atomic E-state index is 12.7. The number of piperazine rings is 1. The van der Waals surface area contributed by atoms with Gasteiger partial charge in [-0.1, -0.05) is 24.8 Å². The van der Waals surface area contributed by atoms with Gasteiger partial charge in [0.25, 0.3) is 5.91 Å². The molecule has 1 aromatic heterocycles. The number of carbonyl (C=O) groups excluding carboxylic acids is 2. The number of benzene rings is 1. The van der Waals surface area contributed by atoms with Gasteiger partial charge in [0, 0.05) is 54.9 Å². The molecule has 0 N–H and O–H groups in total. The van der Waals surface area contributed by atoms with Crippen LogP contribution in [0.4, 0.5) is 0 Å². The molecule has 0 radical (unpaired) electrons. The van der Waals surface area contributed by atoms with Crippen LogP contribution >= 0.6 is 11.3 Å². The quantitative estimate of drug-likeness (QED) is 0.814. The van der Waals surface area contributed by atoms with Crippen LogP contribution in [-0.4, -0.2) is 64.2 Å². The molecule has 1 aromatic carbocycles. The molecular weight excluding hydrogens is 360 g/mol. The van der Waals surface area contributed by atoms with Gasteiger partial charge in [0.05, 0.1) is 10.7 Å². The van der Waals surface area contributed by atoms with Gasteiger partial charge in [-0.3, -0.25) is 19.4 Å². The summed E-state index contributed by atoms with van der Waals surface area (Å²) in [6.07, 6.45) is 0. The van der Waals surface area contributed by atoms with E-state index in [0.717, 1.165) is 35.9 Å². The molecule has 2 aliphatic rings. The summed E-state index contributed by atoms with van der Waals surface area (Å²) in [6.45, 7) is 9.87. The second-order valence-electron chi connectivity index (χ2n) is 6.90. The van der Waals surface area contributed by atoms with Gasteiger partial charge in [-0.05, 0) is 13.0 Å². The topological polar surface area (TPSA) is 56.8 Å². The van der Waals surface area contributed by atoms with Crippen LogP contribution in [0.25, 0.3) is 5.70 Å². The van der Waals surface area contributed by atoms with Gasteiger partial charge in [-0.15, -0.1) is 11.3 Å². The van der Waals surface area contributed by atoms with Crippen LogP contribution in [0, 0.1) is 6.92 Å². The Morgan fingerprint density at radius 2 is 1.89 bits per heavy atom. The number of hydrogen-bond acceptors (Lipinski definition) is 5. The smallest absolute Gasteiger partial charge is 0.259 e. The summed E-state index contributed by atoms with van der Waals surface area (Å²) >= 11 is 1.66. The van der Waals surface area contributed by atoms with E-state index in [1.807, 2.05) is 30.0 Å². The van der Waals surface area contributed by atoms with E-state index in [1.165, 1.54) is 4.90 Å². The largest absolute Gasteiger partial charge is 0.339 e. The Morgan fingerprint density at radius 3 is 2.52 bits per heavy atom. The minimum absolute atomic E-state index is 0.0264. The van der Waals surface area contributed by atoms with E-state index >= 15 is 0 Å². The predicted octanol–water partition coefficient (Wildman–Crippen LogP) is 2.22. The van der Waals surface area contributed by atoms with Crippen molar-refractivity contribution in [1.82, 2.24) is 19.7 Å². The number of aryl methyl sites for hydroxylation is 1. The van der Waals surface area contributed by atoms with Gasteiger partial charge in [0.15, 0.2) is 0 Å². The van der Waals surface area contributed by atoms with Crippen LogP contribution in [-0.2, 0) is 11.3 Å². The molecule has 0 aliphatic carbocycles. The highest BCUT2D eigenvalue weighted by molar-refractivity contribution is 7.09. The molecule has 6 nitrogen and oxygen atoms in total. The number of amides is 2. The van der Waals surface area contributed by atoms with Crippen molar-refractivity contribution in [3.05, 3.63) is 58.1 Å². The van der Waals surface area contributed by atoms with E-state index in [2.05, 4.69) is 21.8 Å². The third-order valence-electron chi connectivity index (χ3n) is 5.11. The Hall–Kier alpha value is -2.51. The lowest BCUT2D eigenvalue weighted by molar-refractivity contribution is -0.133. The summed E-state index contributed by atoms with van der Waals surface area (Å²) in [5, 5.41) is 3.17.